The molecule has 2 aromatic rings. The second kappa shape index (κ2) is 7.72. The number of hydrogen-bond donors (Lipinski definition) is 1. The highest BCUT2D eigenvalue weighted by atomic mass is 19.1. The summed E-state index contributed by atoms with van der Waals surface area (Å²) >= 11 is 0. The fraction of sp³-hybridized carbons (Fsp3) is 0.0909. The van der Waals surface area contributed by atoms with E-state index in [2.05, 4.69) is 15.4 Å². The van der Waals surface area contributed by atoms with Gasteiger partial charge >= 0.3 is 6.03 Å². The number of nitriles is 1. The minimum Gasteiger partial charge on any atom is -0.290 e. The summed E-state index contributed by atoms with van der Waals surface area (Å²) < 4.78 is 27.7. The Labute approximate surface area is 171 Å². The molecule has 8 heteroatoms. The topological polar surface area (TPSA) is 80.9 Å². The molecule has 0 fully saturated rings. The molecule has 0 aliphatic carbocycles. The third-order valence-electron chi connectivity index (χ3n) is 4.57. The third-order valence-corrected chi connectivity index (χ3v) is 4.57. The lowest BCUT2D eigenvalue weighted by molar-refractivity contribution is 0.191. The van der Waals surface area contributed by atoms with Crippen molar-refractivity contribution in [1.82, 2.24) is 10.3 Å². The van der Waals surface area contributed by atoms with Crippen molar-refractivity contribution in [3.8, 4) is 6.07 Å². The zero-order valence-corrected chi connectivity index (χ0v) is 15.8. The van der Waals surface area contributed by atoms with Gasteiger partial charge in [0.15, 0.2) is 6.17 Å². The summed E-state index contributed by atoms with van der Waals surface area (Å²) in [5, 5.41) is 17.1. The zero-order chi connectivity index (χ0) is 21.3. The number of nitrogens with one attached hydrogen (secondary N) is 1. The molecular formula is C22H15F2N5O. The molecule has 2 aromatic carbocycles. The minimum atomic E-state index is -0.844. The number of urea groups is 1. The Morgan fingerprint density at radius 2 is 1.90 bits per heavy atom. The van der Waals surface area contributed by atoms with Crippen LogP contribution in [0.15, 0.2) is 70.8 Å². The molecule has 0 aromatic heterocycles. The maximum Gasteiger partial charge on any atom is 0.345 e. The van der Waals surface area contributed by atoms with E-state index in [1.165, 1.54) is 12.1 Å². The smallest absolute Gasteiger partial charge is 0.290 e. The number of carbonyl (C=O) groups is 1. The molecule has 0 spiro atoms. The van der Waals surface area contributed by atoms with Gasteiger partial charge in [-0.3, -0.25) is 5.32 Å². The van der Waals surface area contributed by atoms with Crippen LogP contribution < -0.4 is 5.32 Å². The summed E-state index contributed by atoms with van der Waals surface area (Å²) in [6, 6.07) is 11.4. The molecule has 0 saturated heterocycles. The van der Waals surface area contributed by atoms with Gasteiger partial charge in [0.1, 0.15) is 17.5 Å². The van der Waals surface area contributed by atoms with Gasteiger partial charge in [0.25, 0.3) is 0 Å². The van der Waals surface area contributed by atoms with Crippen molar-refractivity contribution in [3.05, 3.63) is 89.0 Å². The molecule has 2 aliphatic rings. The Bertz CT molecular complexity index is 1190. The lowest BCUT2D eigenvalue weighted by atomic mass is 10.0. The van der Waals surface area contributed by atoms with Crippen molar-refractivity contribution < 1.29 is 13.6 Å². The normalized spacial score (nSPS) is 19.9. The average molecular weight is 403 g/mol. The molecule has 6 nitrogen and oxygen atoms in total. The highest BCUT2D eigenvalue weighted by molar-refractivity contribution is 6.09. The number of halogens is 2. The molecule has 1 unspecified atom stereocenters. The molecule has 0 bridgehead atoms. The predicted molar refractivity (Wildman–Crippen MR) is 108 cm³/mol. The number of benzene rings is 2. The van der Waals surface area contributed by atoms with Gasteiger partial charge in [-0.2, -0.15) is 15.4 Å². The maximum absolute atomic E-state index is 14.4. The van der Waals surface area contributed by atoms with Crippen molar-refractivity contribution >= 4 is 23.2 Å². The number of hydrazone groups is 1. The van der Waals surface area contributed by atoms with Crippen molar-refractivity contribution in [2.45, 2.75) is 13.1 Å². The number of nitrogens with zero attached hydrogens (tertiary/aromatic N) is 4. The predicted octanol–water partition coefficient (Wildman–Crippen LogP) is 3.96. The summed E-state index contributed by atoms with van der Waals surface area (Å²) in [6.45, 7) is 1.70. The molecule has 2 amide bonds. The summed E-state index contributed by atoms with van der Waals surface area (Å²) in [5.41, 5.74) is 2.23. The lowest BCUT2D eigenvalue weighted by Gasteiger charge is -2.30. The van der Waals surface area contributed by atoms with Crippen molar-refractivity contribution in [2.75, 3.05) is 0 Å². The number of rotatable bonds is 2. The van der Waals surface area contributed by atoms with Crippen LogP contribution in [0, 0.1) is 23.0 Å². The maximum atomic E-state index is 14.4. The summed E-state index contributed by atoms with van der Waals surface area (Å²) in [4.78, 5) is 17.3. The van der Waals surface area contributed by atoms with E-state index in [4.69, 9.17) is 5.26 Å². The van der Waals surface area contributed by atoms with Gasteiger partial charge in [0.2, 0.25) is 0 Å². The molecule has 2 heterocycles. The van der Waals surface area contributed by atoms with Gasteiger partial charge in [0, 0.05) is 17.2 Å². The van der Waals surface area contributed by atoms with Crippen LogP contribution in [0.2, 0.25) is 0 Å². The molecule has 1 N–H and O–H groups in total. The van der Waals surface area contributed by atoms with E-state index in [0.29, 0.717) is 28.2 Å². The molecule has 148 valence electrons. The zero-order valence-electron chi connectivity index (χ0n) is 15.8. The Kier molecular flexibility index (Phi) is 4.94. The number of amides is 2. The van der Waals surface area contributed by atoms with Gasteiger partial charge < -0.3 is 0 Å². The van der Waals surface area contributed by atoms with E-state index in [9.17, 15) is 13.6 Å². The largest absolute Gasteiger partial charge is 0.345 e. The van der Waals surface area contributed by atoms with Crippen LogP contribution in [0.3, 0.4) is 0 Å². The summed E-state index contributed by atoms with van der Waals surface area (Å²) in [5.74, 6) is -1.09. The van der Waals surface area contributed by atoms with E-state index in [0.717, 1.165) is 11.1 Å². The van der Waals surface area contributed by atoms with Crippen molar-refractivity contribution in [2.24, 2.45) is 10.1 Å². The Morgan fingerprint density at radius 3 is 2.60 bits per heavy atom. The van der Waals surface area contributed by atoms with E-state index in [-0.39, 0.29) is 5.56 Å². The second-order valence-electron chi connectivity index (χ2n) is 6.68. The van der Waals surface area contributed by atoms with E-state index in [1.807, 2.05) is 6.07 Å². The van der Waals surface area contributed by atoms with Crippen LogP contribution in [0.5, 0.6) is 0 Å². The Morgan fingerprint density at radius 1 is 1.13 bits per heavy atom. The van der Waals surface area contributed by atoms with Crippen molar-refractivity contribution in [1.29, 1.82) is 5.26 Å². The van der Waals surface area contributed by atoms with Crippen LogP contribution >= 0.6 is 0 Å². The first kappa shape index (κ1) is 19.2. The highest BCUT2D eigenvalue weighted by Crippen LogP contribution is 2.25. The molecule has 2 aliphatic heterocycles. The minimum absolute atomic E-state index is 0.184. The van der Waals surface area contributed by atoms with Gasteiger partial charge in [-0.05, 0) is 61.0 Å². The van der Waals surface area contributed by atoms with E-state index in [1.54, 1.807) is 49.4 Å². The number of aliphatic imine (C=N–C) groups is 1. The fourth-order valence-electron chi connectivity index (χ4n) is 3.09. The average Bonchev–Trinajstić information content (AvgIpc) is 2.72. The molecule has 1 atom stereocenters. The van der Waals surface area contributed by atoms with Crippen LogP contribution in [0.4, 0.5) is 13.6 Å². The number of allylic oxidation sites excluding steroid dienone is 3. The van der Waals surface area contributed by atoms with Crippen molar-refractivity contribution in [3.63, 3.8) is 0 Å². The SMILES string of the molecule is CC1=NN2C(=O)NC(c3ccc(C#N)cc3)=NC2/C=C(\c2ccc(F)cc2F)C=C1. The highest BCUT2D eigenvalue weighted by Gasteiger charge is 2.30. The Balaban J connectivity index is 1.81. The van der Waals surface area contributed by atoms with Crippen LogP contribution in [0.1, 0.15) is 23.6 Å². The van der Waals surface area contributed by atoms with Crippen LogP contribution in [-0.4, -0.2) is 28.8 Å². The monoisotopic (exact) mass is 403 g/mol. The number of carbonyl (C=O) groups excluding carboxylic acids is 1. The quantitative estimate of drug-likeness (QED) is 0.824. The summed E-state index contributed by atoms with van der Waals surface area (Å²) in [6.07, 6.45) is 4.03. The third kappa shape index (κ3) is 3.73. The van der Waals surface area contributed by atoms with E-state index < -0.39 is 23.8 Å². The first-order chi connectivity index (χ1) is 14.4. The molecular weight excluding hydrogens is 388 g/mol. The fourth-order valence-corrected chi connectivity index (χ4v) is 3.09. The number of hydrogen-bond acceptors (Lipinski definition) is 4. The molecule has 0 saturated carbocycles. The van der Waals surface area contributed by atoms with Gasteiger partial charge in [-0.25, -0.2) is 18.6 Å². The van der Waals surface area contributed by atoms with Crippen LogP contribution in [-0.2, 0) is 0 Å². The summed E-state index contributed by atoms with van der Waals surface area (Å²) in [7, 11) is 0. The Hall–Kier alpha value is -4.12. The standard InChI is InChI=1S/C22H15F2N5O/c1-13-2-5-16(18-9-8-17(23)11-19(18)24)10-20-26-21(27-22(30)29(20)28-13)15-6-3-14(12-25)4-7-15/h2-11,20H,1H3,(H,26,27,30)/b5-2?,16-10-,28-13?. The molecule has 0 radical (unpaired) electrons. The van der Waals surface area contributed by atoms with E-state index >= 15 is 0 Å². The first-order valence-electron chi connectivity index (χ1n) is 9.04. The van der Waals surface area contributed by atoms with Gasteiger partial charge in [0.05, 0.1) is 17.3 Å². The van der Waals surface area contributed by atoms with Gasteiger partial charge in [-0.15, -0.1) is 0 Å². The lowest BCUT2D eigenvalue weighted by Crippen LogP contribution is -2.50. The molecule has 30 heavy (non-hydrogen) atoms. The van der Waals surface area contributed by atoms with Crippen LogP contribution in [0.25, 0.3) is 5.57 Å². The molecule has 4 rings (SSSR count). The first-order valence-corrected chi connectivity index (χ1v) is 9.04. The van der Waals surface area contributed by atoms with Gasteiger partial charge in [-0.1, -0.05) is 6.08 Å². The second-order valence-corrected chi connectivity index (χ2v) is 6.68. The number of amidine groups is 1. The number of fused-ring (bicyclic) bond motifs is 1.